The van der Waals surface area contributed by atoms with Gasteiger partial charge in [0.2, 0.25) is 5.91 Å². The predicted octanol–water partition coefficient (Wildman–Crippen LogP) is 4.61. The van der Waals surface area contributed by atoms with Crippen LogP contribution in [-0.4, -0.2) is 25.6 Å². The summed E-state index contributed by atoms with van der Waals surface area (Å²) in [5, 5.41) is 6.51. The minimum absolute atomic E-state index is 0.156. The van der Waals surface area contributed by atoms with Gasteiger partial charge in [0.1, 0.15) is 10.0 Å². The maximum atomic E-state index is 12.5. The fourth-order valence-electron chi connectivity index (χ4n) is 2.77. The van der Waals surface area contributed by atoms with Crippen LogP contribution in [0.25, 0.3) is 20.8 Å². The number of carbonyl (C=O) groups is 1. The highest BCUT2D eigenvalue weighted by atomic mass is 32.2. The number of amides is 1. The highest BCUT2D eigenvalue weighted by molar-refractivity contribution is 7.90. The highest BCUT2D eigenvalue weighted by Gasteiger charge is 2.15. The fourth-order valence-corrected chi connectivity index (χ4v) is 5.27. The van der Waals surface area contributed by atoms with Crippen LogP contribution in [-0.2, 0) is 21.1 Å². The predicted molar refractivity (Wildman–Crippen MR) is 115 cm³/mol. The van der Waals surface area contributed by atoms with Crippen molar-refractivity contribution in [1.82, 2.24) is 4.98 Å². The van der Waals surface area contributed by atoms with Crippen molar-refractivity contribution in [2.45, 2.75) is 11.3 Å². The molecule has 8 heteroatoms. The number of fused-ring (bicyclic) bond motifs is 1. The van der Waals surface area contributed by atoms with Crippen LogP contribution < -0.4 is 5.32 Å². The first-order chi connectivity index (χ1) is 13.4. The minimum Gasteiger partial charge on any atom is -0.317 e. The molecule has 2 aromatic carbocycles. The summed E-state index contributed by atoms with van der Waals surface area (Å²) < 4.78 is 24.2. The molecule has 1 amide bonds. The van der Waals surface area contributed by atoms with Crippen LogP contribution >= 0.6 is 22.7 Å². The van der Waals surface area contributed by atoms with Crippen molar-refractivity contribution in [2.24, 2.45) is 0 Å². The van der Waals surface area contributed by atoms with E-state index in [2.05, 4.69) is 10.3 Å². The molecular formula is C20H16N2O3S3. The summed E-state index contributed by atoms with van der Waals surface area (Å²) in [5.74, 6) is -0.156. The van der Waals surface area contributed by atoms with E-state index in [1.807, 2.05) is 35.7 Å². The molecule has 0 bridgehead atoms. The Labute approximate surface area is 170 Å². The summed E-state index contributed by atoms with van der Waals surface area (Å²) in [7, 11) is -3.24. The number of hydrogen-bond donors (Lipinski definition) is 1. The van der Waals surface area contributed by atoms with Crippen LogP contribution in [0.4, 0.5) is 5.00 Å². The molecule has 0 saturated heterocycles. The van der Waals surface area contributed by atoms with E-state index < -0.39 is 9.84 Å². The number of para-hydroxylation sites is 1. The molecule has 0 aliphatic rings. The van der Waals surface area contributed by atoms with E-state index in [1.165, 1.54) is 23.5 Å². The normalized spacial score (nSPS) is 11.6. The topological polar surface area (TPSA) is 76.1 Å². The summed E-state index contributed by atoms with van der Waals surface area (Å²) in [6.07, 6.45) is 1.33. The van der Waals surface area contributed by atoms with E-state index in [4.69, 9.17) is 0 Å². The Balaban J connectivity index is 1.51. The Bertz CT molecular complexity index is 1220. The third kappa shape index (κ3) is 3.99. The van der Waals surface area contributed by atoms with Crippen molar-refractivity contribution < 1.29 is 13.2 Å². The van der Waals surface area contributed by atoms with Crippen LogP contribution in [0.3, 0.4) is 0 Å². The van der Waals surface area contributed by atoms with Crippen LogP contribution in [0, 0.1) is 0 Å². The third-order valence-corrected chi connectivity index (χ3v) is 7.19. The molecule has 0 aliphatic carbocycles. The van der Waals surface area contributed by atoms with Gasteiger partial charge >= 0.3 is 0 Å². The highest BCUT2D eigenvalue weighted by Crippen LogP contribution is 2.37. The van der Waals surface area contributed by atoms with Crippen LogP contribution in [0.2, 0.25) is 0 Å². The smallest absolute Gasteiger partial charge is 0.229 e. The van der Waals surface area contributed by atoms with E-state index in [-0.39, 0.29) is 17.2 Å². The number of anilines is 1. The van der Waals surface area contributed by atoms with Gasteiger partial charge in [-0.1, -0.05) is 24.3 Å². The van der Waals surface area contributed by atoms with Crippen molar-refractivity contribution in [3.8, 4) is 10.6 Å². The summed E-state index contributed by atoms with van der Waals surface area (Å²) in [6, 6.07) is 16.3. The van der Waals surface area contributed by atoms with E-state index >= 15 is 0 Å². The largest absolute Gasteiger partial charge is 0.317 e. The molecule has 142 valence electrons. The minimum atomic E-state index is -3.24. The molecule has 0 atom stereocenters. The molecular weight excluding hydrogens is 412 g/mol. The van der Waals surface area contributed by atoms with E-state index in [0.29, 0.717) is 0 Å². The standard InChI is InChI=1S/C20H16N2O3S3/c1-28(24,25)14-8-6-13(7-9-14)12-18(23)22-19-15(10-11-26-19)20-21-16-4-2-3-5-17(16)27-20/h2-11H,12H2,1H3,(H,22,23). The zero-order valence-electron chi connectivity index (χ0n) is 14.9. The number of nitrogens with one attached hydrogen (secondary N) is 1. The monoisotopic (exact) mass is 428 g/mol. The van der Waals surface area contributed by atoms with Gasteiger partial charge in [-0.25, -0.2) is 13.4 Å². The number of aromatic nitrogens is 1. The average Bonchev–Trinajstić information content (AvgIpc) is 3.27. The van der Waals surface area contributed by atoms with Gasteiger partial charge < -0.3 is 5.32 Å². The number of thiophene rings is 1. The lowest BCUT2D eigenvalue weighted by molar-refractivity contribution is -0.115. The van der Waals surface area contributed by atoms with E-state index in [9.17, 15) is 13.2 Å². The number of sulfone groups is 1. The second-order valence-corrected chi connectivity index (χ2v) is 10.3. The molecule has 2 aromatic heterocycles. The second kappa shape index (κ2) is 7.46. The Morgan fingerprint density at radius 3 is 2.54 bits per heavy atom. The molecule has 0 radical (unpaired) electrons. The Hall–Kier alpha value is -2.55. The molecule has 2 heterocycles. The van der Waals surface area contributed by atoms with Crippen molar-refractivity contribution in [3.05, 3.63) is 65.5 Å². The van der Waals surface area contributed by atoms with Crippen molar-refractivity contribution in [1.29, 1.82) is 0 Å². The van der Waals surface area contributed by atoms with Gasteiger partial charge in [-0.15, -0.1) is 22.7 Å². The maximum absolute atomic E-state index is 12.5. The summed E-state index contributed by atoms with van der Waals surface area (Å²) in [4.78, 5) is 17.4. The number of benzene rings is 2. The van der Waals surface area contributed by atoms with Crippen LogP contribution in [0.1, 0.15) is 5.56 Å². The lowest BCUT2D eigenvalue weighted by Gasteiger charge is -2.06. The van der Waals surface area contributed by atoms with Crippen molar-refractivity contribution >= 4 is 53.6 Å². The van der Waals surface area contributed by atoms with Gasteiger partial charge in [0, 0.05) is 11.8 Å². The lowest BCUT2D eigenvalue weighted by Crippen LogP contribution is -2.14. The molecule has 0 spiro atoms. The van der Waals surface area contributed by atoms with Crippen LogP contribution in [0.5, 0.6) is 0 Å². The number of carbonyl (C=O) groups excluding carboxylic acids is 1. The molecule has 4 aromatic rings. The Kier molecular flexibility index (Phi) is 5.01. The van der Waals surface area contributed by atoms with Crippen molar-refractivity contribution in [3.63, 3.8) is 0 Å². The van der Waals surface area contributed by atoms with Crippen LogP contribution in [0.15, 0.2) is 64.9 Å². The number of rotatable bonds is 5. The Morgan fingerprint density at radius 1 is 1.07 bits per heavy atom. The lowest BCUT2D eigenvalue weighted by atomic mass is 10.1. The van der Waals surface area contributed by atoms with Gasteiger partial charge in [-0.3, -0.25) is 4.79 Å². The molecule has 28 heavy (non-hydrogen) atoms. The summed E-state index contributed by atoms with van der Waals surface area (Å²) >= 11 is 3.05. The fraction of sp³-hybridized carbons (Fsp3) is 0.100. The van der Waals surface area contributed by atoms with Gasteiger partial charge in [0.05, 0.1) is 21.5 Å². The van der Waals surface area contributed by atoms with Gasteiger partial charge in [-0.05, 0) is 41.3 Å². The summed E-state index contributed by atoms with van der Waals surface area (Å²) in [6.45, 7) is 0. The molecule has 0 aliphatic heterocycles. The average molecular weight is 429 g/mol. The van der Waals surface area contributed by atoms with E-state index in [1.54, 1.807) is 23.5 Å². The third-order valence-electron chi connectivity index (χ3n) is 4.16. The van der Waals surface area contributed by atoms with Crippen molar-refractivity contribution in [2.75, 3.05) is 11.6 Å². The zero-order valence-corrected chi connectivity index (χ0v) is 17.3. The summed E-state index contributed by atoms with van der Waals surface area (Å²) in [5.41, 5.74) is 2.60. The zero-order chi connectivity index (χ0) is 19.7. The van der Waals surface area contributed by atoms with Gasteiger partial charge in [0.25, 0.3) is 0 Å². The Morgan fingerprint density at radius 2 is 1.82 bits per heavy atom. The molecule has 4 rings (SSSR count). The quantitative estimate of drug-likeness (QED) is 0.504. The molecule has 0 saturated carbocycles. The van der Waals surface area contributed by atoms with E-state index in [0.717, 1.165) is 37.6 Å². The second-order valence-electron chi connectivity index (χ2n) is 6.29. The maximum Gasteiger partial charge on any atom is 0.229 e. The number of hydrogen-bond acceptors (Lipinski definition) is 6. The van der Waals surface area contributed by atoms with Gasteiger partial charge in [0.15, 0.2) is 9.84 Å². The number of nitrogens with zero attached hydrogens (tertiary/aromatic N) is 1. The molecule has 5 nitrogen and oxygen atoms in total. The van der Waals surface area contributed by atoms with Gasteiger partial charge in [-0.2, -0.15) is 0 Å². The number of thiazole rings is 1. The SMILES string of the molecule is CS(=O)(=O)c1ccc(CC(=O)Nc2sccc2-c2nc3ccccc3s2)cc1. The molecule has 0 unspecified atom stereocenters. The first-order valence-electron chi connectivity index (χ1n) is 8.42. The molecule has 1 N–H and O–H groups in total. The first-order valence-corrected chi connectivity index (χ1v) is 12.0. The molecule has 0 fully saturated rings. The first kappa shape index (κ1) is 18.8.